The summed E-state index contributed by atoms with van der Waals surface area (Å²) in [5, 5.41) is 2.88. The number of amides is 1. The van der Waals surface area contributed by atoms with Gasteiger partial charge in [0.05, 0.1) is 5.56 Å². The molecule has 5 heteroatoms. The number of ether oxygens (including phenoxy) is 1. The highest BCUT2D eigenvalue weighted by atomic mass is 16.5. The number of anilines is 2. The molecule has 2 atom stereocenters. The van der Waals surface area contributed by atoms with Crippen molar-refractivity contribution in [2.24, 2.45) is 0 Å². The Labute approximate surface area is 161 Å². The molecule has 27 heavy (non-hydrogen) atoms. The first-order valence-electron chi connectivity index (χ1n) is 9.21. The molecule has 2 aromatic carbocycles. The molecule has 2 aromatic rings. The van der Waals surface area contributed by atoms with Gasteiger partial charge in [0.2, 0.25) is 0 Å². The first-order valence-corrected chi connectivity index (χ1v) is 9.21. The lowest BCUT2D eigenvalue weighted by Crippen LogP contribution is -2.30. The number of carbonyl (C=O) groups is 2. The average Bonchev–Trinajstić information content (AvgIpc) is 2.67. The first-order chi connectivity index (χ1) is 12.8. The predicted molar refractivity (Wildman–Crippen MR) is 109 cm³/mol. The predicted octanol–water partition coefficient (Wildman–Crippen LogP) is 4.45. The van der Waals surface area contributed by atoms with Crippen molar-refractivity contribution in [3.8, 4) is 0 Å². The Morgan fingerprint density at radius 1 is 1.04 bits per heavy atom. The highest BCUT2D eigenvalue weighted by Crippen LogP contribution is 2.26. The second-order valence-electron chi connectivity index (χ2n) is 6.87. The van der Waals surface area contributed by atoms with Gasteiger partial charge >= 0.3 is 5.97 Å². The van der Waals surface area contributed by atoms with Gasteiger partial charge in [0.25, 0.3) is 5.91 Å². The van der Waals surface area contributed by atoms with Gasteiger partial charge < -0.3 is 15.0 Å². The lowest BCUT2D eigenvalue weighted by molar-refractivity contribution is -0.123. The maximum absolute atomic E-state index is 12.5. The Balaban J connectivity index is 2.02. The van der Waals surface area contributed by atoms with E-state index in [0.717, 1.165) is 23.4 Å². The molecule has 1 amide bonds. The minimum absolute atomic E-state index is 0.328. The summed E-state index contributed by atoms with van der Waals surface area (Å²) in [6.07, 6.45) is 0.0800. The van der Waals surface area contributed by atoms with Crippen LogP contribution in [0.4, 0.5) is 11.4 Å². The molecule has 144 valence electrons. The quantitative estimate of drug-likeness (QED) is 0.734. The fourth-order valence-electron chi connectivity index (χ4n) is 2.67. The van der Waals surface area contributed by atoms with Gasteiger partial charge in [-0.25, -0.2) is 4.79 Å². The number of esters is 1. The smallest absolute Gasteiger partial charge is 0.338 e. The summed E-state index contributed by atoms with van der Waals surface area (Å²) in [6.45, 7) is 5.80. The summed E-state index contributed by atoms with van der Waals surface area (Å²) in [4.78, 5) is 26.7. The molecular weight excluding hydrogens is 340 g/mol. The van der Waals surface area contributed by atoms with Gasteiger partial charge in [-0.1, -0.05) is 32.0 Å². The van der Waals surface area contributed by atoms with E-state index in [1.165, 1.54) is 0 Å². The summed E-state index contributed by atoms with van der Waals surface area (Å²) in [5.74, 6) is -0.531. The second kappa shape index (κ2) is 9.21. The fourth-order valence-corrected chi connectivity index (χ4v) is 2.67. The number of carbonyl (C=O) groups excluding carboxylic acids is 2. The number of nitrogens with zero attached hydrogens (tertiary/aromatic N) is 1. The molecule has 0 aliphatic carbocycles. The van der Waals surface area contributed by atoms with Crippen LogP contribution in [0, 0.1) is 0 Å². The Bertz CT molecular complexity index is 784. The zero-order valence-electron chi connectivity index (χ0n) is 16.7. The van der Waals surface area contributed by atoms with Crippen molar-refractivity contribution in [3.05, 3.63) is 59.7 Å². The molecule has 0 radical (unpaired) electrons. The van der Waals surface area contributed by atoms with Gasteiger partial charge in [-0.15, -0.1) is 0 Å². The average molecular weight is 368 g/mol. The SMILES string of the molecule is CC[C@H](C)c1ccccc1NC(=O)[C@H](C)OC(=O)c1ccc(N(C)C)cc1. The van der Waals surface area contributed by atoms with Crippen molar-refractivity contribution in [1.82, 2.24) is 0 Å². The highest BCUT2D eigenvalue weighted by Gasteiger charge is 2.20. The number of hydrogen-bond donors (Lipinski definition) is 1. The molecule has 0 saturated carbocycles. The number of rotatable bonds is 7. The molecule has 1 N–H and O–H groups in total. The molecule has 0 spiro atoms. The van der Waals surface area contributed by atoms with Crippen molar-refractivity contribution in [2.45, 2.75) is 39.2 Å². The highest BCUT2D eigenvalue weighted by molar-refractivity contribution is 5.97. The second-order valence-corrected chi connectivity index (χ2v) is 6.87. The van der Waals surface area contributed by atoms with Crippen molar-refractivity contribution in [2.75, 3.05) is 24.3 Å². The minimum atomic E-state index is -0.893. The summed E-state index contributed by atoms with van der Waals surface area (Å²) in [6, 6.07) is 14.8. The molecule has 0 unspecified atom stereocenters. The Hall–Kier alpha value is -2.82. The Morgan fingerprint density at radius 2 is 1.67 bits per heavy atom. The normalized spacial score (nSPS) is 12.8. The van der Waals surface area contributed by atoms with E-state index in [1.54, 1.807) is 19.1 Å². The standard InChI is InChI=1S/C22H28N2O3/c1-6-15(2)19-9-7-8-10-20(19)23-21(25)16(3)27-22(26)17-11-13-18(14-12-17)24(4)5/h7-16H,6H2,1-5H3,(H,23,25)/t15-,16-/m0/s1. The molecule has 0 fully saturated rings. The van der Waals surface area contributed by atoms with Crippen molar-refractivity contribution in [1.29, 1.82) is 0 Å². The molecule has 5 nitrogen and oxygen atoms in total. The van der Waals surface area contributed by atoms with Crippen LogP contribution in [-0.2, 0) is 9.53 Å². The lowest BCUT2D eigenvalue weighted by Gasteiger charge is -2.18. The fraction of sp³-hybridized carbons (Fsp3) is 0.364. The van der Waals surface area contributed by atoms with Crippen molar-refractivity contribution in [3.63, 3.8) is 0 Å². The lowest BCUT2D eigenvalue weighted by atomic mass is 9.97. The van der Waals surface area contributed by atoms with E-state index in [-0.39, 0.29) is 5.91 Å². The minimum Gasteiger partial charge on any atom is -0.449 e. The van der Waals surface area contributed by atoms with E-state index in [0.29, 0.717) is 11.5 Å². The van der Waals surface area contributed by atoms with Crippen LogP contribution in [0.2, 0.25) is 0 Å². The van der Waals surface area contributed by atoms with Crippen LogP contribution in [0.1, 0.15) is 49.0 Å². The van der Waals surface area contributed by atoms with Crippen molar-refractivity contribution < 1.29 is 14.3 Å². The van der Waals surface area contributed by atoms with Crippen LogP contribution < -0.4 is 10.2 Å². The molecule has 0 aliphatic rings. The van der Waals surface area contributed by atoms with E-state index in [9.17, 15) is 9.59 Å². The third-order valence-corrected chi connectivity index (χ3v) is 4.63. The number of benzene rings is 2. The van der Waals surface area contributed by atoms with Crippen LogP contribution in [0.25, 0.3) is 0 Å². The van der Waals surface area contributed by atoms with Gasteiger partial charge in [0, 0.05) is 25.5 Å². The maximum Gasteiger partial charge on any atom is 0.338 e. The Morgan fingerprint density at radius 3 is 2.26 bits per heavy atom. The largest absolute Gasteiger partial charge is 0.449 e. The zero-order valence-corrected chi connectivity index (χ0v) is 16.7. The third kappa shape index (κ3) is 5.33. The molecule has 0 aromatic heterocycles. The topological polar surface area (TPSA) is 58.6 Å². The van der Waals surface area contributed by atoms with Crippen LogP contribution in [0.15, 0.2) is 48.5 Å². The Kier molecular flexibility index (Phi) is 6.99. The van der Waals surface area contributed by atoms with E-state index in [2.05, 4.69) is 19.2 Å². The summed E-state index contributed by atoms with van der Waals surface area (Å²) in [7, 11) is 3.86. The van der Waals surface area contributed by atoms with Gasteiger partial charge in [-0.3, -0.25) is 4.79 Å². The van der Waals surface area contributed by atoms with Crippen LogP contribution >= 0.6 is 0 Å². The van der Waals surface area contributed by atoms with E-state index >= 15 is 0 Å². The molecule has 0 heterocycles. The summed E-state index contributed by atoms with van der Waals surface area (Å²) < 4.78 is 5.33. The van der Waals surface area contributed by atoms with Gasteiger partial charge in [0.15, 0.2) is 6.10 Å². The van der Waals surface area contributed by atoms with Crippen LogP contribution in [0.3, 0.4) is 0 Å². The first kappa shape index (κ1) is 20.5. The van der Waals surface area contributed by atoms with Gasteiger partial charge in [0.1, 0.15) is 0 Å². The van der Waals surface area contributed by atoms with Crippen LogP contribution in [0.5, 0.6) is 0 Å². The van der Waals surface area contributed by atoms with Gasteiger partial charge in [-0.05, 0) is 55.2 Å². The van der Waals surface area contributed by atoms with E-state index in [4.69, 9.17) is 4.74 Å². The molecule has 0 saturated heterocycles. The van der Waals surface area contributed by atoms with Crippen LogP contribution in [-0.4, -0.2) is 32.1 Å². The van der Waals surface area contributed by atoms with Crippen molar-refractivity contribution >= 4 is 23.3 Å². The number of para-hydroxylation sites is 1. The third-order valence-electron chi connectivity index (χ3n) is 4.63. The molecule has 0 aliphatic heterocycles. The van der Waals surface area contributed by atoms with E-state index in [1.807, 2.05) is 55.4 Å². The molecule has 2 rings (SSSR count). The molecular formula is C22H28N2O3. The monoisotopic (exact) mass is 368 g/mol. The van der Waals surface area contributed by atoms with E-state index < -0.39 is 12.1 Å². The number of nitrogens with one attached hydrogen (secondary N) is 1. The summed E-state index contributed by atoms with van der Waals surface area (Å²) >= 11 is 0. The summed E-state index contributed by atoms with van der Waals surface area (Å²) in [5.41, 5.74) is 3.24. The van der Waals surface area contributed by atoms with Gasteiger partial charge in [-0.2, -0.15) is 0 Å². The zero-order chi connectivity index (χ0) is 20.0. The molecule has 0 bridgehead atoms. The maximum atomic E-state index is 12.5. The number of hydrogen-bond acceptors (Lipinski definition) is 4.